The average Bonchev–Trinajstić information content (AvgIpc) is 2.72. The van der Waals surface area contributed by atoms with Crippen molar-refractivity contribution in [2.45, 2.75) is 58.7 Å². The molecule has 1 aliphatic rings. The Hall–Kier alpha value is -2.90. The molecule has 0 aromatic carbocycles. The number of amides is 4. The van der Waals surface area contributed by atoms with Crippen LogP contribution in [0, 0.1) is 5.92 Å². The van der Waals surface area contributed by atoms with E-state index in [9.17, 15) is 19.2 Å². The van der Waals surface area contributed by atoms with Gasteiger partial charge in [-0.25, -0.2) is 0 Å². The molecule has 3 atom stereocenters. The molecule has 2 N–H and O–H groups in total. The summed E-state index contributed by atoms with van der Waals surface area (Å²) in [6.45, 7) is 7.61. The van der Waals surface area contributed by atoms with Gasteiger partial charge in [-0.1, -0.05) is 44.2 Å². The van der Waals surface area contributed by atoms with Crippen LogP contribution in [0.4, 0.5) is 0 Å². The van der Waals surface area contributed by atoms with E-state index in [1.165, 1.54) is 15.9 Å². The van der Waals surface area contributed by atoms with Crippen molar-refractivity contribution in [3.63, 3.8) is 0 Å². The van der Waals surface area contributed by atoms with Gasteiger partial charge in [-0.15, -0.1) is 0 Å². The predicted molar refractivity (Wildman–Crippen MR) is 121 cm³/mol. The van der Waals surface area contributed by atoms with Crippen molar-refractivity contribution in [3.8, 4) is 0 Å². The molecule has 1 rings (SSSR count). The van der Waals surface area contributed by atoms with Gasteiger partial charge in [0.25, 0.3) is 0 Å². The van der Waals surface area contributed by atoms with Gasteiger partial charge in [-0.2, -0.15) is 0 Å². The first-order valence-electron chi connectivity index (χ1n) is 10.7. The van der Waals surface area contributed by atoms with Crippen LogP contribution in [0.1, 0.15) is 40.5 Å². The van der Waals surface area contributed by atoms with Crippen LogP contribution in [0.5, 0.6) is 0 Å². The Morgan fingerprint density at radius 3 is 2.32 bits per heavy atom. The highest BCUT2D eigenvalue weighted by atomic mass is 16.2. The summed E-state index contributed by atoms with van der Waals surface area (Å²) >= 11 is 0. The number of allylic oxidation sites excluding steroid dienone is 5. The lowest BCUT2D eigenvalue weighted by molar-refractivity contribution is -0.150. The Kier molecular flexibility index (Phi) is 10.7. The van der Waals surface area contributed by atoms with Crippen LogP contribution in [0.25, 0.3) is 0 Å². The number of hydrogen-bond donors (Lipinski definition) is 2. The second-order valence-corrected chi connectivity index (χ2v) is 8.03. The molecule has 1 heterocycles. The number of nitrogens with zero attached hydrogens (tertiary/aromatic N) is 2. The molecule has 8 heteroatoms. The first-order valence-corrected chi connectivity index (χ1v) is 10.7. The first kappa shape index (κ1) is 26.1. The summed E-state index contributed by atoms with van der Waals surface area (Å²) < 4.78 is 0. The standard InChI is InChI=1S/C23H36N4O4/c1-7-8-9-10-11-14-19(28)25-18-13-12-15-24-21(29)17(4)26(5)23(31)20(16(2)3)27(6)22(18)30/h7-11,14,16-18,20H,12-13,15H2,1-6H3,(H,24,29)(H,25,28)/b8-7+,10-9+,14-11+/t17-,18+,20-/m0/s1. The zero-order chi connectivity index (χ0) is 23.6. The maximum absolute atomic E-state index is 13.2. The van der Waals surface area contributed by atoms with E-state index < -0.39 is 24.0 Å². The Morgan fingerprint density at radius 2 is 1.71 bits per heavy atom. The van der Waals surface area contributed by atoms with Crippen LogP contribution in [0.2, 0.25) is 0 Å². The third kappa shape index (κ3) is 7.70. The second kappa shape index (κ2) is 12.7. The molecule has 0 bridgehead atoms. The lowest BCUT2D eigenvalue weighted by Gasteiger charge is -2.37. The molecule has 0 saturated carbocycles. The molecule has 1 fully saturated rings. The SMILES string of the molecule is C/C=C/C=C/C=C/C(=O)N[C@@H]1CCCNC(=O)[C@H](C)N(C)C(=O)[C@H](C(C)C)N(C)C1=O. The van der Waals surface area contributed by atoms with Crippen molar-refractivity contribution in [1.82, 2.24) is 20.4 Å². The first-order chi connectivity index (χ1) is 14.6. The minimum Gasteiger partial charge on any atom is -0.354 e. The van der Waals surface area contributed by atoms with Crippen molar-refractivity contribution in [1.29, 1.82) is 0 Å². The number of carbonyl (C=O) groups is 4. The summed E-state index contributed by atoms with van der Waals surface area (Å²) in [5.41, 5.74) is 0. The van der Waals surface area contributed by atoms with Crippen molar-refractivity contribution < 1.29 is 19.2 Å². The van der Waals surface area contributed by atoms with Gasteiger partial charge >= 0.3 is 0 Å². The molecule has 0 spiro atoms. The van der Waals surface area contributed by atoms with Crippen molar-refractivity contribution in [2.24, 2.45) is 5.92 Å². The highest BCUT2D eigenvalue weighted by molar-refractivity contribution is 5.96. The maximum atomic E-state index is 13.2. The topological polar surface area (TPSA) is 98.8 Å². The van der Waals surface area contributed by atoms with Crippen LogP contribution in [0.15, 0.2) is 36.5 Å². The van der Waals surface area contributed by atoms with Gasteiger partial charge in [0.2, 0.25) is 23.6 Å². The number of rotatable bonds is 5. The molecule has 0 aromatic rings. The molecule has 0 aliphatic carbocycles. The smallest absolute Gasteiger partial charge is 0.246 e. The van der Waals surface area contributed by atoms with Gasteiger partial charge in [0.15, 0.2) is 0 Å². The van der Waals surface area contributed by atoms with Crippen molar-refractivity contribution in [3.05, 3.63) is 36.5 Å². The lowest BCUT2D eigenvalue weighted by Crippen LogP contribution is -2.59. The van der Waals surface area contributed by atoms with E-state index in [0.717, 1.165) is 0 Å². The Balaban J connectivity index is 3.11. The minimum absolute atomic E-state index is 0.171. The highest BCUT2D eigenvalue weighted by Gasteiger charge is 2.37. The normalized spacial score (nSPS) is 24.7. The summed E-state index contributed by atoms with van der Waals surface area (Å²) in [6.07, 6.45) is 11.0. The Morgan fingerprint density at radius 1 is 1.06 bits per heavy atom. The lowest BCUT2D eigenvalue weighted by atomic mass is 9.98. The van der Waals surface area contributed by atoms with Crippen LogP contribution in [0.3, 0.4) is 0 Å². The van der Waals surface area contributed by atoms with Gasteiger partial charge in [-0.05, 0) is 32.6 Å². The third-order valence-corrected chi connectivity index (χ3v) is 5.31. The van der Waals surface area contributed by atoms with Gasteiger partial charge in [0.05, 0.1) is 0 Å². The maximum Gasteiger partial charge on any atom is 0.246 e. The fourth-order valence-corrected chi connectivity index (χ4v) is 3.38. The fourth-order valence-electron chi connectivity index (χ4n) is 3.38. The van der Waals surface area contributed by atoms with Crippen LogP contribution in [-0.2, 0) is 19.2 Å². The average molecular weight is 433 g/mol. The molecular formula is C23H36N4O4. The van der Waals surface area contributed by atoms with Crippen LogP contribution < -0.4 is 10.6 Å². The van der Waals surface area contributed by atoms with Crippen LogP contribution >= 0.6 is 0 Å². The van der Waals surface area contributed by atoms with Gasteiger partial charge in [-0.3, -0.25) is 19.2 Å². The van der Waals surface area contributed by atoms with Gasteiger partial charge in [0, 0.05) is 26.7 Å². The van der Waals surface area contributed by atoms with E-state index in [1.807, 2.05) is 32.9 Å². The molecule has 1 aliphatic heterocycles. The molecule has 31 heavy (non-hydrogen) atoms. The number of hydrogen-bond acceptors (Lipinski definition) is 4. The molecule has 1 saturated heterocycles. The molecule has 4 amide bonds. The summed E-state index contributed by atoms with van der Waals surface area (Å²) in [5, 5.41) is 5.54. The summed E-state index contributed by atoms with van der Waals surface area (Å²) in [5.74, 6) is -1.45. The Labute approximate surface area is 185 Å². The van der Waals surface area contributed by atoms with Crippen molar-refractivity contribution in [2.75, 3.05) is 20.6 Å². The number of carbonyl (C=O) groups excluding carboxylic acids is 4. The summed E-state index contributed by atoms with van der Waals surface area (Å²) in [7, 11) is 3.14. The van der Waals surface area contributed by atoms with E-state index in [2.05, 4.69) is 10.6 Å². The molecule has 0 aromatic heterocycles. The van der Waals surface area contributed by atoms with Gasteiger partial charge < -0.3 is 20.4 Å². The predicted octanol–water partition coefficient (Wildman–Crippen LogP) is 1.40. The second-order valence-electron chi connectivity index (χ2n) is 8.03. The molecule has 172 valence electrons. The summed E-state index contributed by atoms with van der Waals surface area (Å²) in [4.78, 5) is 53.8. The quantitative estimate of drug-likeness (QED) is 0.507. The van der Waals surface area contributed by atoms with Gasteiger partial charge in [0.1, 0.15) is 18.1 Å². The molecular weight excluding hydrogens is 396 g/mol. The zero-order valence-electron chi connectivity index (χ0n) is 19.4. The van der Waals surface area contributed by atoms with E-state index in [-0.39, 0.29) is 23.6 Å². The molecule has 8 nitrogen and oxygen atoms in total. The number of likely N-dealkylation sites (N-methyl/N-ethyl adjacent to an activating group) is 2. The minimum atomic E-state index is -0.797. The third-order valence-electron chi connectivity index (χ3n) is 5.31. The summed E-state index contributed by atoms with van der Waals surface area (Å²) in [6, 6.07) is -2.19. The zero-order valence-corrected chi connectivity index (χ0v) is 19.4. The molecule has 0 radical (unpaired) electrons. The van der Waals surface area contributed by atoms with E-state index in [1.54, 1.807) is 39.2 Å². The van der Waals surface area contributed by atoms with E-state index >= 15 is 0 Å². The number of nitrogens with one attached hydrogen (secondary N) is 2. The van der Waals surface area contributed by atoms with Crippen molar-refractivity contribution >= 4 is 23.6 Å². The molecule has 0 unspecified atom stereocenters. The van der Waals surface area contributed by atoms with E-state index in [0.29, 0.717) is 19.4 Å². The Bertz CT molecular complexity index is 742. The fraction of sp³-hybridized carbons (Fsp3) is 0.565. The monoisotopic (exact) mass is 432 g/mol. The van der Waals surface area contributed by atoms with Crippen LogP contribution in [-0.4, -0.2) is 72.2 Å². The van der Waals surface area contributed by atoms with E-state index in [4.69, 9.17) is 0 Å². The highest BCUT2D eigenvalue weighted by Crippen LogP contribution is 2.17. The largest absolute Gasteiger partial charge is 0.354 e.